The minimum Gasteiger partial charge on any atom is -0.450 e. The zero-order chi connectivity index (χ0) is 15.4. The van der Waals surface area contributed by atoms with Crippen LogP contribution in [0.15, 0.2) is 42.5 Å². The number of aliphatic hydroxyl groups is 1. The van der Waals surface area contributed by atoms with E-state index in [0.717, 1.165) is 0 Å². The monoisotopic (exact) mass is 292 g/mol. The van der Waals surface area contributed by atoms with Crippen molar-refractivity contribution < 1.29 is 19.2 Å². The topological polar surface area (TPSA) is 98.6 Å². The minimum absolute atomic E-state index is 0.0143. The van der Waals surface area contributed by atoms with Gasteiger partial charge in [0.25, 0.3) is 0 Å². The molecule has 0 saturated heterocycles. The number of aliphatic hydroxyl groups excluding tert-OH is 1. The first-order chi connectivity index (χ1) is 10.0. The highest BCUT2D eigenvalue weighted by Gasteiger charge is 2.18. The van der Waals surface area contributed by atoms with Crippen molar-refractivity contribution >= 4 is 5.69 Å². The molecular weight excluding hydrogens is 279 g/mol. The van der Waals surface area contributed by atoms with Gasteiger partial charge < -0.3 is 15.6 Å². The summed E-state index contributed by atoms with van der Waals surface area (Å²) in [4.78, 5) is 10.5. The third kappa shape index (κ3) is 3.53. The van der Waals surface area contributed by atoms with Crippen molar-refractivity contribution in [3.05, 3.63) is 64.0 Å². The molecule has 0 amide bonds. The van der Waals surface area contributed by atoms with Gasteiger partial charge in [0, 0.05) is 6.07 Å². The first kappa shape index (κ1) is 14.9. The van der Waals surface area contributed by atoms with E-state index < -0.39 is 16.8 Å². The molecule has 0 aliphatic rings. The predicted molar refractivity (Wildman–Crippen MR) is 73.6 cm³/mol. The Hall–Kier alpha value is -2.51. The van der Waals surface area contributed by atoms with Crippen molar-refractivity contribution in [1.29, 1.82) is 0 Å². The Morgan fingerprint density at radius 1 is 1.29 bits per heavy atom. The Bertz CT molecular complexity index is 646. The van der Waals surface area contributed by atoms with E-state index in [4.69, 9.17) is 15.6 Å². The normalized spacial score (nSPS) is 12.0. The lowest BCUT2D eigenvalue weighted by molar-refractivity contribution is -0.385. The Balaban J connectivity index is 2.34. The van der Waals surface area contributed by atoms with Crippen molar-refractivity contribution in [2.24, 2.45) is 5.73 Å². The lowest BCUT2D eigenvalue weighted by atomic mass is 10.1. The van der Waals surface area contributed by atoms with Gasteiger partial charge in [-0.25, -0.2) is 4.39 Å². The van der Waals surface area contributed by atoms with Crippen LogP contribution in [0, 0.1) is 15.9 Å². The van der Waals surface area contributed by atoms with Crippen LogP contribution in [0.2, 0.25) is 0 Å². The maximum atomic E-state index is 12.8. The number of nitrogens with two attached hydrogens (primary N) is 1. The zero-order valence-corrected chi connectivity index (χ0v) is 10.9. The molecule has 0 unspecified atom stereocenters. The van der Waals surface area contributed by atoms with Crippen LogP contribution in [0.4, 0.5) is 10.1 Å². The van der Waals surface area contributed by atoms with Crippen LogP contribution in [0.25, 0.3) is 0 Å². The number of nitrogens with zero attached hydrogens (tertiary/aromatic N) is 1. The number of ether oxygens (including phenoxy) is 1. The van der Waals surface area contributed by atoms with Crippen molar-refractivity contribution in [1.82, 2.24) is 0 Å². The van der Waals surface area contributed by atoms with Gasteiger partial charge in [0.05, 0.1) is 17.6 Å². The molecule has 2 rings (SSSR count). The third-order valence-corrected chi connectivity index (χ3v) is 2.85. The molecule has 0 fully saturated rings. The molecule has 2 aromatic rings. The van der Waals surface area contributed by atoms with Gasteiger partial charge in [-0.2, -0.15) is 0 Å². The number of rotatable bonds is 5. The molecule has 0 heterocycles. The average molecular weight is 292 g/mol. The van der Waals surface area contributed by atoms with Crippen LogP contribution in [-0.4, -0.2) is 16.6 Å². The molecule has 0 aliphatic heterocycles. The van der Waals surface area contributed by atoms with Crippen molar-refractivity contribution in [3.8, 4) is 11.5 Å². The van der Waals surface area contributed by atoms with Gasteiger partial charge >= 0.3 is 5.69 Å². The van der Waals surface area contributed by atoms with E-state index in [1.54, 1.807) is 0 Å². The molecule has 7 heteroatoms. The van der Waals surface area contributed by atoms with Gasteiger partial charge in [-0.1, -0.05) is 6.07 Å². The maximum absolute atomic E-state index is 12.8. The summed E-state index contributed by atoms with van der Waals surface area (Å²) in [7, 11) is 0. The summed E-state index contributed by atoms with van der Waals surface area (Å²) in [5.41, 5.74) is 5.78. The molecule has 6 nitrogen and oxygen atoms in total. The molecule has 0 aromatic heterocycles. The van der Waals surface area contributed by atoms with Gasteiger partial charge in [0.2, 0.25) is 5.75 Å². The molecule has 2 aromatic carbocycles. The van der Waals surface area contributed by atoms with E-state index in [2.05, 4.69) is 0 Å². The van der Waals surface area contributed by atoms with Crippen molar-refractivity contribution in [3.63, 3.8) is 0 Å². The van der Waals surface area contributed by atoms with Crippen LogP contribution in [-0.2, 0) is 0 Å². The summed E-state index contributed by atoms with van der Waals surface area (Å²) >= 11 is 0. The highest BCUT2D eigenvalue weighted by Crippen LogP contribution is 2.33. The summed E-state index contributed by atoms with van der Waals surface area (Å²) < 4.78 is 18.2. The van der Waals surface area contributed by atoms with Crippen LogP contribution in [0.5, 0.6) is 11.5 Å². The largest absolute Gasteiger partial charge is 0.450 e. The van der Waals surface area contributed by atoms with E-state index in [9.17, 15) is 14.5 Å². The van der Waals surface area contributed by atoms with Crippen molar-refractivity contribution in [2.45, 2.75) is 6.04 Å². The molecular formula is C14H13FN2O4. The fraction of sp³-hybridized carbons (Fsp3) is 0.143. The Kier molecular flexibility index (Phi) is 4.46. The molecule has 0 aliphatic carbocycles. The molecule has 0 saturated carbocycles. The number of halogens is 1. The van der Waals surface area contributed by atoms with Gasteiger partial charge in [0.15, 0.2) is 0 Å². The smallest absolute Gasteiger partial charge is 0.311 e. The molecule has 110 valence electrons. The lowest BCUT2D eigenvalue weighted by Crippen LogP contribution is -2.14. The van der Waals surface area contributed by atoms with E-state index in [1.165, 1.54) is 42.5 Å². The Labute approximate surface area is 119 Å². The van der Waals surface area contributed by atoms with Crippen molar-refractivity contribution in [2.75, 3.05) is 6.61 Å². The summed E-state index contributed by atoms with van der Waals surface area (Å²) in [5, 5.41) is 20.1. The van der Waals surface area contributed by atoms with Gasteiger partial charge in [-0.05, 0) is 35.9 Å². The van der Waals surface area contributed by atoms with E-state index in [-0.39, 0.29) is 23.8 Å². The minimum atomic E-state index is -0.705. The standard InChI is InChI=1S/C14H13FN2O4/c15-10-2-4-11(5-3-10)21-14-6-1-9(12(16)8-18)7-13(14)17(19)20/h1-7,12,18H,8,16H2/t12-/m1/s1. The SMILES string of the molecule is N[C@H](CO)c1ccc(Oc2ccc(F)cc2)c([N+](=O)[O-])c1. The predicted octanol–water partition coefficient (Wildman–Crippen LogP) is 2.52. The number of nitro benzene ring substituents is 1. The van der Waals surface area contributed by atoms with E-state index in [0.29, 0.717) is 5.56 Å². The van der Waals surface area contributed by atoms with E-state index in [1.807, 2.05) is 0 Å². The second-order valence-electron chi connectivity index (χ2n) is 4.33. The first-order valence-corrected chi connectivity index (χ1v) is 6.09. The van der Waals surface area contributed by atoms with E-state index >= 15 is 0 Å². The summed E-state index contributed by atoms with van der Waals surface area (Å²) in [5.74, 6) is -0.139. The number of hydrogen-bond acceptors (Lipinski definition) is 5. The number of hydrogen-bond donors (Lipinski definition) is 2. The first-order valence-electron chi connectivity index (χ1n) is 6.09. The van der Waals surface area contributed by atoms with Crippen LogP contribution in [0.3, 0.4) is 0 Å². The fourth-order valence-corrected chi connectivity index (χ4v) is 1.73. The average Bonchev–Trinajstić information content (AvgIpc) is 2.49. The second-order valence-corrected chi connectivity index (χ2v) is 4.33. The Morgan fingerprint density at radius 3 is 2.52 bits per heavy atom. The molecule has 0 bridgehead atoms. The zero-order valence-electron chi connectivity index (χ0n) is 10.9. The second kappa shape index (κ2) is 6.29. The molecule has 0 spiro atoms. The van der Waals surface area contributed by atoms with Crippen LogP contribution >= 0.6 is 0 Å². The van der Waals surface area contributed by atoms with Gasteiger partial charge in [0.1, 0.15) is 11.6 Å². The maximum Gasteiger partial charge on any atom is 0.311 e. The molecule has 1 atom stereocenters. The quantitative estimate of drug-likeness (QED) is 0.651. The number of nitro groups is 1. The molecule has 21 heavy (non-hydrogen) atoms. The molecule has 0 radical (unpaired) electrons. The highest BCUT2D eigenvalue weighted by molar-refractivity contribution is 5.51. The third-order valence-electron chi connectivity index (χ3n) is 2.85. The Morgan fingerprint density at radius 2 is 1.95 bits per heavy atom. The fourth-order valence-electron chi connectivity index (χ4n) is 1.73. The van der Waals surface area contributed by atoms with Gasteiger partial charge in [-0.3, -0.25) is 10.1 Å². The number of benzene rings is 2. The summed E-state index contributed by atoms with van der Waals surface area (Å²) in [6, 6.07) is 8.59. The summed E-state index contributed by atoms with van der Waals surface area (Å²) in [6.07, 6.45) is 0. The molecule has 3 N–H and O–H groups in total. The highest BCUT2D eigenvalue weighted by atomic mass is 19.1. The van der Waals surface area contributed by atoms with Crippen LogP contribution < -0.4 is 10.5 Å². The summed E-state index contributed by atoms with van der Waals surface area (Å²) in [6.45, 7) is -0.324. The van der Waals surface area contributed by atoms with Crippen LogP contribution in [0.1, 0.15) is 11.6 Å². The lowest BCUT2D eigenvalue weighted by Gasteiger charge is -2.11. The van der Waals surface area contributed by atoms with Gasteiger partial charge in [-0.15, -0.1) is 0 Å².